The topological polar surface area (TPSA) is 21.3 Å². The Hall–Kier alpha value is -1.03. The summed E-state index contributed by atoms with van der Waals surface area (Å²) in [5, 5.41) is 4.31. The summed E-state index contributed by atoms with van der Waals surface area (Å²) in [4.78, 5) is 0. The highest BCUT2D eigenvalue weighted by Crippen LogP contribution is 2.31. The Labute approximate surface area is 138 Å². The van der Waals surface area contributed by atoms with Crippen molar-refractivity contribution in [1.82, 2.24) is 5.32 Å². The first kappa shape index (κ1) is 14.9. The van der Waals surface area contributed by atoms with Gasteiger partial charge in [-0.2, -0.15) is 0 Å². The monoisotopic (exact) mass is 365 g/mol. The molecule has 4 heteroatoms. The summed E-state index contributed by atoms with van der Waals surface area (Å²) < 4.78 is 7.04. The molecule has 3 rings (SSSR count). The van der Waals surface area contributed by atoms with Gasteiger partial charge in [-0.1, -0.05) is 39.7 Å². The van der Waals surface area contributed by atoms with Crippen LogP contribution >= 0.6 is 27.5 Å². The second-order valence-corrected chi connectivity index (χ2v) is 6.73. The van der Waals surface area contributed by atoms with Crippen LogP contribution in [0, 0.1) is 0 Å². The lowest BCUT2D eigenvalue weighted by atomic mass is 10.1. The van der Waals surface area contributed by atoms with Gasteiger partial charge in [0.2, 0.25) is 0 Å². The van der Waals surface area contributed by atoms with Crippen LogP contribution in [0.15, 0.2) is 46.9 Å². The van der Waals surface area contributed by atoms with E-state index in [1.807, 2.05) is 18.2 Å². The smallest absolute Gasteiger partial charge is 0.123 e. The quantitative estimate of drug-likeness (QED) is 0.842. The molecule has 2 aromatic carbocycles. The van der Waals surface area contributed by atoms with Crippen LogP contribution in [0.4, 0.5) is 0 Å². The summed E-state index contributed by atoms with van der Waals surface area (Å²) in [5.41, 5.74) is 2.47. The average molecular weight is 367 g/mol. The molecule has 0 fully saturated rings. The SMILES string of the molecule is C[C@H](NCC1Cc2cc(Cl)ccc2O1)c1ccc(Br)cc1. The van der Waals surface area contributed by atoms with Crippen LogP contribution in [0.25, 0.3) is 0 Å². The van der Waals surface area contributed by atoms with Gasteiger partial charge in [-0.15, -0.1) is 0 Å². The van der Waals surface area contributed by atoms with Gasteiger partial charge in [0.1, 0.15) is 11.9 Å². The second-order valence-electron chi connectivity index (χ2n) is 5.38. The van der Waals surface area contributed by atoms with Crippen molar-refractivity contribution in [2.45, 2.75) is 25.5 Å². The molecule has 1 aliphatic heterocycles. The molecule has 1 aliphatic rings. The van der Waals surface area contributed by atoms with Gasteiger partial charge in [0.05, 0.1) is 0 Å². The van der Waals surface area contributed by atoms with Crippen molar-refractivity contribution in [2.75, 3.05) is 6.54 Å². The molecule has 0 amide bonds. The molecule has 1 unspecified atom stereocenters. The maximum atomic E-state index is 6.02. The Morgan fingerprint density at radius 1 is 1.29 bits per heavy atom. The highest BCUT2D eigenvalue weighted by Gasteiger charge is 2.23. The van der Waals surface area contributed by atoms with Crippen LogP contribution in [0.3, 0.4) is 0 Å². The third kappa shape index (κ3) is 3.60. The number of benzene rings is 2. The largest absolute Gasteiger partial charge is 0.488 e. The molecule has 2 aromatic rings. The molecule has 0 saturated heterocycles. The van der Waals surface area contributed by atoms with Crippen molar-refractivity contribution in [1.29, 1.82) is 0 Å². The number of hydrogen-bond acceptors (Lipinski definition) is 2. The number of fused-ring (bicyclic) bond motifs is 1. The number of ether oxygens (including phenoxy) is 1. The van der Waals surface area contributed by atoms with Gasteiger partial charge < -0.3 is 10.1 Å². The van der Waals surface area contributed by atoms with Crippen LogP contribution in [-0.4, -0.2) is 12.6 Å². The minimum absolute atomic E-state index is 0.177. The first-order valence-corrected chi connectivity index (χ1v) is 8.23. The van der Waals surface area contributed by atoms with E-state index in [1.54, 1.807) is 0 Å². The molecular weight excluding hydrogens is 350 g/mol. The highest BCUT2D eigenvalue weighted by atomic mass is 79.9. The van der Waals surface area contributed by atoms with E-state index in [-0.39, 0.29) is 6.10 Å². The van der Waals surface area contributed by atoms with Gasteiger partial charge in [-0.3, -0.25) is 0 Å². The lowest BCUT2D eigenvalue weighted by Gasteiger charge is -2.17. The second kappa shape index (κ2) is 6.39. The Morgan fingerprint density at radius 2 is 2.05 bits per heavy atom. The third-order valence-corrected chi connectivity index (χ3v) is 4.55. The van der Waals surface area contributed by atoms with E-state index in [2.05, 4.69) is 52.4 Å². The molecule has 1 heterocycles. The van der Waals surface area contributed by atoms with Crippen LogP contribution in [0.5, 0.6) is 5.75 Å². The van der Waals surface area contributed by atoms with E-state index in [0.717, 1.165) is 28.2 Å². The fourth-order valence-corrected chi connectivity index (χ4v) is 3.04. The fourth-order valence-electron chi connectivity index (χ4n) is 2.58. The minimum atomic E-state index is 0.177. The summed E-state index contributed by atoms with van der Waals surface area (Å²) in [6.45, 7) is 2.99. The lowest BCUT2D eigenvalue weighted by molar-refractivity contribution is 0.222. The number of nitrogens with one attached hydrogen (secondary N) is 1. The summed E-state index contributed by atoms with van der Waals surface area (Å²) in [7, 11) is 0. The van der Waals surface area contributed by atoms with Gasteiger partial charge in [0, 0.05) is 28.5 Å². The number of halogens is 2. The van der Waals surface area contributed by atoms with Gasteiger partial charge in [-0.25, -0.2) is 0 Å². The Bertz CT molecular complexity index is 629. The summed E-state index contributed by atoms with van der Waals surface area (Å²) in [6, 6.07) is 14.5. The van der Waals surface area contributed by atoms with Crippen molar-refractivity contribution in [3.05, 3.63) is 63.1 Å². The molecule has 0 saturated carbocycles. The maximum absolute atomic E-state index is 6.02. The standard InChI is InChI=1S/C17H17BrClNO/c1-11(12-2-4-14(18)5-3-12)20-10-16-9-13-8-15(19)6-7-17(13)21-16/h2-8,11,16,20H,9-10H2,1H3/t11-,16?/m0/s1. The first-order valence-electron chi connectivity index (χ1n) is 7.06. The highest BCUT2D eigenvalue weighted by molar-refractivity contribution is 9.10. The predicted molar refractivity (Wildman–Crippen MR) is 90.1 cm³/mol. The van der Waals surface area contributed by atoms with Crippen LogP contribution in [0.2, 0.25) is 5.02 Å². The molecule has 21 heavy (non-hydrogen) atoms. The molecular formula is C17H17BrClNO. The van der Waals surface area contributed by atoms with Crippen LogP contribution < -0.4 is 10.1 Å². The summed E-state index contributed by atoms with van der Waals surface area (Å²) in [5.74, 6) is 0.961. The van der Waals surface area contributed by atoms with Crippen molar-refractivity contribution in [3.8, 4) is 5.75 Å². The average Bonchev–Trinajstić information content (AvgIpc) is 2.87. The number of hydrogen-bond donors (Lipinski definition) is 1. The lowest BCUT2D eigenvalue weighted by Crippen LogP contribution is -2.31. The van der Waals surface area contributed by atoms with Crippen molar-refractivity contribution in [3.63, 3.8) is 0 Å². The van der Waals surface area contributed by atoms with Gasteiger partial charge in [0.25, 0.3) is 0 Å². The maximum Gasteiger partial charge on any atom is 0.123 e. The molecule has 2 atom stereocenters. The molecule has 0 aromatic heterocycles. The zero-order valence-corrected chi connectivity index (χ0v) is 14.1. The van der Waals surface area contributed by atoms with Crippen molar-refractivity contribution >= 4 is 27.5 Å². The zero-order valence-electron chi connectivity index (χ0n) is 11.8. The molecule has 0 spiro atoms. The van der Waals surface area contributed by atoms with Crippen molar-refractivity contribution in [2.24, 2.45) is 0 Å². The molecule has 110 valence electrons. The Kier molecular flexibility index (Phi) is 4.53. The molecule has 0 bridgehead atoms. The van der Waals surface area contributed by atoms with E-state index < -0.39 is 0 Å². The van der Waals surface area contributed by atoms with E-state index in [0.29, 0.717) is 6.04 Å². The normalized spacial score (nSPS) is 18.1. The molecule has 1 N–H and O–H groups in total. The van der Waals surface area contributed by atoms with E-state index in [4.69, 9.17) is 16.3 Å². The van der Waals surface area contributed by atoms with E-state index >= 15 is 0 Å². The van der Waals surface area contributed by atoms with E-state index in [1.165, 1.54) is 11.1 Å². The van der Waals surface area contributed by atoms with Gasteiger partial charge in [0.15, 0.2) is 0 Å². The predicted octanol–water partition coefficient (Wildman–Crippen LogP) is 4.76. The van der Waals surface area contributed by atoms with Crippen LogP contribution in [0.1, 0.15) is 24.1 Å². The number of rotatable bonds is 4. The molecule has 2 nitrogen and oxygen atoms in total. The Morgan fingerprint density at radius 3 is 2.81 bits per heavy atom. The Balaban J connectivity index is 1.56. The van der Waals surface area contributed by atoms with Gasteiger partial charge in [-0.05, 0) is 48.4 Å². The summed E-state index contributed by atoms with van der Waals surface area (Å²) >= 11 is 9.47. The fraction of sp³-hybridized carbons (Fsp3) is 0.294. The summed E-state index contributed by atoms with van der Waals surface area (Å²) in [6.07, 6.45) is 1.09. The minimum Gasteiger partial charge on any atom is -0.488 e. The van der Waals surface area contributed by atoms with Crippen molar-refractivity contribution < 1.29 is 4.74 Å². The molecule has 0 aliphatic carbocycles. The third-order valence-electron chi connectivity index (χ3n) is 3.79. The zero-order chi connectivity index (χ0) is 14.8. The van der Waals surface area contributed by atoms with E-state index in [9.17, 15) is 0 Å². The van der Waals surface area contributed by atoms with Crippen LogP contribution in [-0.2, 0) is 6.42 Å². The first-order chi connectivity index (χ1) is 10.1. The van der Waals surface area contributed by atoms with Gasteiger partial charge >= 0.3 is 0 Å². The molecule has 0 radical (unpaired) electrons.